The van der Waals surface area contributed by atoms with Crippen molar-refractivity contribution in [2.24, 2.45) is 0 Å². The normalized spacial score (nSPS) is 20.1. The molecule has 2 atom stereocenters. The molecule has 0 fully saturated rings. The Morgan fingerprint density at radius 3 is 2.32 bits per heavy atom. The molecule has 0 saturated carbocycles. The van der Waals surface area contributed by atoms with Crippen LogP contribution in [-0.4, -0.2) is 10.7 Å². The van der Waals surface area contributed by atoms with Gasteiger partial charge in [-0.1, -0.05) is 54.6 Å². The number of fused-ring (bicyclic) bond motifs is 1. The van der Waals surface area contributed by atoms with Crippen LogP contribution in [0.5, 0.6) is 0 Å². The molecule has 2 unspecified atom stereocenters. The lowest BCUT2D eigenvalue weighted by Gasteiger charge is -2.29. The Morgan fingerprint density at radius 1 is 0.839 bits per heavy atom. The van der Waals surface area contributed by atoms with Crippen LogP contribution in [0.4, 0.5) is 17.1 Å². The molecular weight excluding hydrogens is 390 g/mol. The number of nitrogens with zero attached hydrogens (tertiary/aromatic N) is 1. The predicted octanol–water partition coefficient (Wildman–Crippen LogP) is 5.57. The first-order valence-corrected chi connectivity index (χ1v) is 10.3. The van der Waals surface area contributed by atoms with Crippen molar-refractivity contribution in [2.75, 3.05) is 10.6 Å². The highest BCUT2D eigenvalue weighted by Crippen LogP contribution is 2.44. The summed E-state index contributed by atoms with van der Waals surface area (Å²) in [6.07, 6.45) is 0.935. The summed E-state index contributed by atoms with van der Waals surface area (Å²) in [5, 5.41) is 18.3. The fourth-order valence-electron chi connectivity index (χ4n) is 4.52. The summed E-state index contributed by atoms with van der Waals surface area (Å²) in [6, 6.07) is 24.2. The molecule has 154 valence electrons. The Bertz CT molecular complexity index is 1200. The molecule has 1 aliphatic carbocycles. The van der Waals surface area contributed by atoms with Crippen LogP contribution in [0, 0.1) is 10.1 Å². The van der Waals surface area contributed by atoms with Crippen molar-refractivity contribution in [2.45, 2.75) is 24.8 Å². The van der Waals surface area contributed by atoms with E-state index in [9.17, 15) is 14.9 Å². The number of benzene rings is 3. The summed E-state index contributed by atoms with van der Waals surface area (Å²) in [7, 11) is 0. The molecule has 3 aromatic rings. The summed E-state index contributed by atoms with van der Waals surface area (Å²) >= 11 is 0. The third-order valence-corrected chi connectivity index (χ3v) is 5.99. The van der Waals surface area contributed by atoms with Gasteiger partial charge in [-0.2, -0.15) is 0 Å². The van der Waals surface area contributed by atoms with Crippen molar-refractivity contribution < 1.29 is 9.72 Å². The summed E-state index contributed by atoms with van der Waals surface area (Å²) < 4.78 is 0. The van der Waals surface area contributed by atoms with Crippen molar-refractivity contribution >= 4 is 22.8 Å². The van der Waals surface area contributed by atoms with Crippen molar-refractivity contribution in [1.29, 1.82) is 0 Å². The number of carbonyl (C=O) groups excluding carboxylic acids is 1. The highest BCUT2D eigenvalue weighted by molar-refractivity contribution is 6.01. The van der Waals surface area contributed by atoms with Gasteiger partial charge in [0.1, 0.15) is 0 Å². The number of anilines is 2. The Balaban J connectivity index is 1.59. The van der Waals surface area contributed by atoms with Crippen LogP contribution in [0.3, 0.4) is 0 Å². The zero-order valence-electron chi connectivity index (χ0n) is 16.7. The van der Waals surface area contributed by atoms with E-state index in [-0.39, 0.29) is 23.4 Å². The lowest BCUT2D eigenvalue weighted by Crippen LogP contribution is -2.26. The number of allylic oxidation sites excluding steroid dienone is 1. The molecular formula is C25H21N3O3. The van der Waals surface area contributed by atoms with Crippen LogP contribution in [0.2, 0.25) is 0 Å². The number of hydrogen-bond acceptors (Lipinski definition) is 5. The van der Waals surface area contributed by atoms with Gasteiger partial charge in [-0.15, -0.1) is 0 Å². The minimum atomic E-state index is -0.395. The molecule has 1 heterocycles. The first-order chi connectivity index (χ1) is 15.1. The average Bonchev–Trinajstić information content (AvgIpc) is 2.96. The minimum Gasteiger partial charge on any atom is -0.372 e. The number of nitro groups is 1. The van der Waals surface area contributed by atoms with Gasteiger partial charge in [-0.3, -0.25) is 14.9 Å². The van der Waals surface area contributed by atoms with Crippen LogP contribution < -0.4 is 10.6 Å². The molecule has 0 bridgehead atoms. The maximum atomic E-state index is 13.4. The third-order valence-electron chi connectivity index (χ3n) is 5.99. The van der Waals surface area contributed by atoms with Gasteiger partial charge < -0.3 is 10.6 Å². The monoisotopic (exact) mass is 411 g/mol. The molecule has 2 aliphatic rings. The Labute approximate surface area is 179 Å². The second-order valence-electron chi connectivity index (χ2n) is 7.93. The first kappa shape index (κ1) is 19.1. The summed E-state index contributed by atoms with van der Waals surface area (Å²) in [6.45, 7) is 0. The molecule has 5 rings (SSSR count). The van der Waals surface area contributed by atoms with Gasteiger partial charge in [0.05, 0.1) is 22.3 Å². The molecule has 1 aliphatic heterocycles. The predicted molar refractivity (Wildman–Crippen MR) is 120 cm³/mol. The van der Waals surface area contributed by atoms with Crippen LogP contribution in [0.25, 0.3) is 0 Å². The van der Waals surface area contributed by atoms with Crippen molar-refractivity contribution in [1.82, 2.24) is 0 Å². The number of ketones is 1. The van der Waals surface area contributed by atoms with E-state index in [1.165, 1.54) is 6.07 Å². The van der Waals surface area contributed by atoms with E-state index in [0.29, 0.717) is 12.8 Å². The van der Waals surface area contributed by atoms with Gasteiger partial charge in [0.25, 0.3) is 5.69 Å². The van der Waals surface area contributed by atoms with E-state index in [1.807, 2.05) is 60.7 Å². The Kier molecular flexibility index (Phi) is 4.75. The minimum absolute atomic E-state index is 0.0488. The molecule has 3 aromatic carbocycles. The number of non-ortho nitro benzene ring substituents is 1. The van der Waals surface area contributed by atoms with E-state index in [1.54, 1.807) is 12.1 Å². The van der Waals surface area contributed by atoms with Crippen molar-refractivity contribution in [3.8, 4) is 0 Å². The second-order valence-corrected chi connectivity index (χ2v) is 7.93. The average molecular weight is 411 g/mol. The number of carbonyl (C=O) groups is 1. The standard InChI is InChI=1S/C25H21N3O3/c29-23-15-18(17-9-6-10-19(13-17)28(30)31)14-22-24(23)25(16-7-2-1-3-8-16)27-21-12-5-4-11-20(21)26-22/h1-13,18,25-27H,14-15H2. The van der Waals surface area contributed by atoms with E-state index in [2.05, 4.69) is 10.6 Å². The van der Waals surface area contributed by atoms with Crippen molar-refractivity contribution in [3.05, 3.63) is 111 Å². The summed E-state index contributed by atoms with van der Waals surface area (Å²) in [4.78, 5) is 24.3. The van der Waals surface area contributed by atoms with E-state index < -0.39 is 4.92 Å². The van der Waals surface area contributed by atoms with Gasteiger partial charge in [-0.05, 0) is 35.6 Å². The maximum Gasteiger partial charge on any atom is 0.269 e. The summed E-state index contributed by atoms with van der Waals surface area (Å²) in [5.41, 5.74) is 5.36. The number of nitrogens with one attached hydrogen (secondary N) is 2. The molecule has 6 heteroatoms. The number of rotatable bonds is 3. The van der Waals surface area contributed by atoms with Crippen molar-refractivity contribution in [3.63, 3.8) is 0 Å². The molecule has 31 heavy (non-hydrogen) atoms. The number of nitro benzene ring substituents is 1. The number of Topliss-reactive ketones (excluding diaryl/α,β-unsaturated/α-hetero) is 1. The van der Waals surface area contributed by atoms with Gasteiger partial charge >= 0.3 is 0 Å². The van der Waals surface area contributed by atoms with Gasteiger partial charge in [0.15, 0.2) is 5.78 Å². The van der Waals surface area contributed by atoms with Crippen LogP contribution in [-0.2, 0) is 4.79 Å². The zero-order valence-corrected chi connectivity index (χ0v) is 16.7. The van der Waals surface area contributed by atoms with Crippen LogP contribution in [0.1, 0.15) is 35.9 Å². The van der Waals surface area contributed by atoms with Crippen LogP contribution in [0.15, 0.2) is 90.1 Å². The molecule has 0 amide bonds. The third kappa shape index (κ3) is 3.57. The maximum absolute atomic E-state index is 13.4. The Hall–Kier alpha value is -3.93. The van der Waals surface area contributed by atoms with E-state index in [0.717, 1.165) is 33.8 Å². The molecule has 6 nitrogen and oxygen atoms in total. The lowest BCUT2D eigenvalue weighted by atomic mass is 9.78. The largest absolute Gasteiger partial charge is 0.372 e. The SMILES string of the molecule is O=C1CC(c2cccc([N+](=O)[O-])c2)CC2=C1C(c1ccccc1)Nc1ccccc1N2. The van der Waals surface area contributed by atoms with Gasteiger partial charge in [0.2, 0.25) is 0 Å². The molecule has 0 radical (unpaired) electrons. The molecule has 2 N–H and O–H groups in total. The number of para-hydroxylation sites is 2. The van der Waals surface area contributed by atoms with E-state index in [4.69, 9.17) is 0 Å². The van der Waals surface area contributed by atoms with E-state index >= 15 is 0 Å². The topological polar surface area (TPSA) is 84.3 Å². The molecule has 0 spiro atoms. The number of hydrogen-bond donors (Lipinski definition) is 2. The molecule has 0 saturated heterocycles. The zero-order chi connectivity index (χ0) is 21.4. The highest BCUT2D eigenvalue weighted by Gasteiger charge is 2.36. The van der Waals surface area contributed by atoms with Gasteiger partial charge in [0, 0.05) is 29.8 Å². The first-order valence-electron chi connectivity index (χ1n) is 10.3. The fourth-order valence-corrected chi connectivity index (χ4v) is 4.52. The molecule has 0 aromatic heterocycles. The second kappa shape index (κ2) is 7.72. The quantitative estimate of drug-likeness (QED) is 0.434. The lowest BCUT2D eigenvalue weighted by molar-refractivity contribution is -0.384. The fraction of sp³-hybridized carbons (Fsp3) is 0.160. The Morgan fingerprint density at radius 2 is 1.55 bits per heavy atom. The summed E-state index contributed by atoms with van der Waals surface area (Å²) in [5.74, 6) is -0.0558. The highest BCUT2D eigenvalue weighted by atomic mass is 16.6. The van der Waals surface area contributed by atoms with Gasteiger partial charge in [-0.25, -0.2) is 0 Å². The smallest absolute Gasteiger partial charge is 0.269 e. The van der Waals surface area contributed by atoms with Crippen LogP contribution >= 0.6 is 0 Å².